The van der Waals surface area contributed by atoms with Crippen LogP contribution >= 0.6 is 11.8 Å². The molecule has 2 atom stereocenters. The van der Waals surface area contributed by atoms with Gasteiger partial charge in [0.2, 0.25) is 5.91 Å². The van der Waals surface area contributed by atoms with Gasteiger partial charge < -0.3 is 4.90 Å². The van der Waals surface area contributed by atoms with Crippen molar-refractivity contribution < 1.29 is 4.79 Å². The molecule has 14 heavy (non-hydrogen) atoms. The molecule has 0 radical (unpaired) electrons. The molecule has 1 amide bonds. The highest BCUT2D eigenvalue weighted by Gasteiger charge is 2.29. The van der Waals surface area contributed by atoms with Gasteiger partial charge in [0.25, 0.3) is 0 Å². The van der Waals surface area contributed by atoms with Crippen LogP contribution in [0.3, 0.4) is 0 Å². The van der Waals surface area contributed by atoms with Crippen LogP contribution in [0.4, 0.5) is 0 Å². The van der Waals surface area contributed by atoms with E-state index in [-0.39, 0.29) is 12.1 Å². The smallest absolute Gasteiger partial charge is 0.237 e. The lowest BCUT2D eigenvalue weighted by Crippen LogP contribution is -2.39. The highest BCUT2D eigenvalue weighted by Crippen LogP contribution is 2.13. The van der Waals surface area contributed by atoms with Crippen molar-refractivity contribution >= 4 is 17.7 Å². The molecule has 0 aromatic carbocycles. The van der Waals surface area contributed by atoms with Crippen molar-refractivity contribution in [3.05, 3.63) is 0 Å². The fourth-order valence-electron chi connectivity index (χ4n) is 1.86. The van der Waals surface area contributed by atoms with Gasteiger partial charge in [-0.3, -0.25) is 10.1 Å². The summed E-state index contributed by atoms with van der Waals surface area (Å²) in [6.07, 6.45) is 3.38. The molecule has 2 unspecified atom stereocenters. The molecule has 0 bridgehead atoms. The van der Waals surface area contributed by atoms with Crippen molar-refractivity contribution in [3.63, 3.8) is 0 Å². The Kier molecular flexibility index (Phi) is 4.75. The average molecular weight is 216 g/mol. The van der Waals surface area contributed by atoms with Crippen LogP contribution in [0.25, 0.3) is 0 Å². The molecule has 1 saturated heterocycles. The van der Waals surface area contributed by atoms with Gasteiger partial charge in [-0.15, -0.1) is 0 Å². The van der Waals surface area contributed by atoms with Crippen LogP contribution in [-0.4, -0.2) is 42.1 Å². The van der Waals surface area contributed by atoms with Crippen LogP contribution in [-0.2, 0) is 4.79 Å². The van der Waals surface area contributed by atoms with Crippen LogP contribution in [0.1, 0.15) is 20.3 Å². The first-order chi connectivity index (χ1) is 6.69. The van der Waals surface area contributed by atoms with Gasteiger partial charge in [0.05, 0.1) is 12.7 Å². The number of carbonyl (C=O) groups excluding carboxylic acids is 1. The van der Waals surface area contributed by atoms with Gasteiger partial charge in [-0.1, -0.05) is 13.8 Å². The number of hydrogen-bond donors (Lipinski definition) is 1. The fourth-order valence-corrected chi connectivity index (χ4v) is 2.53. The molecule has 1 heterocycles. The van der Waals surface area contributed by atoms with Crippen LogP contribution in [0, 0.1) is 5.92 Å². The summed E-state index contributed by atoms with van der Waals surface area (Å²) in [5.41, 5.74) is 0. The van der Waals surface area contributed by atoms with Crippen molar-refractivity contribution in [1.29, 1.82) is 0 Å². The monoisotopic (exact) mass is 216 g/mol. The molecule has 82 valence electrons. The Morgan fingerprint density at radius 3 is 3.00 bits per heavy atom. The quantitative estimate of drug-likeness (QED) is 0.748. The minimum absolute atomic E-state index is 0.254. The summed E-state index contributed by atoms with van der Waals surface area (Å²) < 4.78 is 0. The van der Waals surface area contributed by atoms with Gasteiger partial charge in [0.1, 0.15) is 0 Å². The second kappa shape index (κ2) is 5.61. The van der Waals surface area contributed by atoms with Crippen LogP contribution in [0.5, 0.6) is 0 Å². The van der Waals surface area contributed by atoms with E-state index in [4.69, 9.17) is 0 Å². The molecule has 1 rings (SSSR count). The van der Waals surface area contributed by atoms with Crippen LogP contribution in [0.15, 0.2) is 0 Å². The molecule has 1 aliphatic heterocycles. The third kappa shape index (κ3) is 2.89. The van der Waals surface area contributed by atoms with Gasteiger partial charge in [-0.2, -0.15) is 11.8 Å². The Balaban J connectivity index is 2.44. The summed E-state index contributed by atoms with van der Waals surface area (Å²) in [5, 5.41) is 3.22. The number of rotatable bonds is 5. The van der Waals surface area contributed by atoms with E-state index in [0.29, 0.717) is 12.5 Å². The number of hydrogen-bond acceptors (Lipinski definition) is 3. The van der Waals surface area contributed by atoms with Crippen molar-refractivity contribution in [1.82, 2.24) is 10.2 Å². The van der Waals surface area contributed by atoms with E-state index >= 15 is 0 Å². The number of carbonyl (C=O) groups is 1. The summed E-state index contributed by atoms with van der Waals surface area (Å²) in [5.74, 6) is 1.97. The number of nitrogens with one attached hydrogen (secondary N) is 1. The summed E-state index contributed by atoms with van der Waals surface area (Å²) >= 11 is 1.84. The van der Waals surface area contributed by atoms with Crippen molar-refractivity contribution in [2.45, 2.75) is 26.4 Å². The van der Waals surface area contributed by atoms with Gasteiger partial charge in [-0.25, -0.2) is 0 Å². The lowest BCUT2D eigenvalue weighted by molar-refractivity contribution is -0.128. The number of amides is 1. The molecule has 1 N–H and O–H groups in total. The summed E-state index contributed by atoms with van der Waals surface area (Å²) in [4.78, 5) is 13.5. The second-order valence-electron chi connectivity index (χ2n) is 3.91. The highest BCUT2D eigenvalue weighted by molar-refractivity contribution is 7.98. The van der Waals surface area contributed by atoms with E-state index in [2.05, 4.69) is 25.4 Å². The highest BCUT2D eigenvalue weighted by atomic mass is 32.2. The van der Waals surface area contributed by atoms with Crippen LogP contribution in [0.2, 0.25) is 0 Å². The molecule has 4 heteroatoms. The van der Waals surface area contributed by atoms with E-state index in [1.165, 1.54) is 0 Å². The third-order valence-electron chi connectivity index (χ3n) is 2.53. The minimum atomic E-state index is 0.254. The maximum Gasteiger partial charge on any atom is 0.237 e. The van der Waals surface area contributed by atoms with E-state index in [9.17, 15) is 4.79 Å². The van der Waals surface area contributed by atoms with Gasteiger partial charge in [-0.05, 0) is 24.3 Å². The maximum atomic E-state index is 11.5. The maximum absolute atomic E-state index is 11.5. The summed E-state index contributed by atoms with van der Waals surface area (Å²) in [7, 11) is 0. The van der Waals surface area contributed by atoms with Crippen molar-refractivity contribution in [2.75, 3.05) is 25.1 Å². The van der Waals surface area contributed by atoms with Gasteiger partial charge in [0.15, 0.2) is 0 Å². The molecule has 1 aliphatic rings. The lowest BCUT2D eigenvalue weighted by Gasteiger charge is -2.26. The fraction of sp³-hybridized carbons (Fsp3) is 0.900. The number of thioether (sulfide) groups is 1. The van der Waals surface area contributed by atoms with Gasteiger partial charge in [0, 0.05) is 6.54 Å². The molecule has 0 aromatic heterocycles. The topological polar surface area (TPSA) is 32.3 Å². The molecular formula is C10H20N2OS. The molecule has 3 nitrogen and oxygen atoms in total. The predicted molar refractivity (Wildman–Crippen MR) is 61.3 cm³/mol. The van der Waals surface area contributed by atoms with Gasteiger partial charge >= 0.3 is 0 Å². The predicted octanol–water partition coefficient (Wildman–Crippen LogP) is 1.15. The molecular weight excluding hydrogens is 196 g/mol. The van der Waals surface area contributed by atoms with E-state index in [0.717, 1.165) is 18.7 Å². The molecule has 0 spiro atoms. The Morgan fingerprint density at radius 2 is 2.43 bits per heavy atom. The molecule has 0 aliphatic carbocycles. The Hall–Kier alpha value is -0.220. The average Bonchev–Trinajstić information content (AvgIpc) is 2.48. The van der Waals surface area contributed by atoms with E-state index in [1.807, 2.05) is 16.7 Å². The zero-order valence-electron chi connectivity index (χ0n) is 9.25. The normalized spacial score (nSPS) is 24.4. The first kappa shape index (κ1) is 11.9. The van der Waals surface area contributed by atoms with Crippen LogP contribution < -0.4 is 5.32 Å². The standard InChI is InChI=1S/C10H20N2OS/c1-4-9-11-5-10(13)12(9)6-8(2)7-14-3/h8-9,11H,4-7H2,1-3H3. The molecule has 0 aromatic rings. The number of nitrogens with zero attached hydrogens (tertiary/aromatic N) is 1. The van der Waals surface area contributed by atoms with E-state index in [1.54, 1.807) is 0 Å². The molecule has 0 saturated carbocycles. The summed E-state index contributed by atoms with van der Waals surface area (Å²) in [6, 6.07) is 0. The van der Waals surface area contributed by atoms with Crippen molar-refractivity contribution in [3.8, 4) is 0 Å². The first-order valence-corrected chi connectivity index (χ1v) is 6.60. The Bertz CT molecular complexity index is 199. The first-order valence-electron chi connectivity index (χ1n) is 5.20. The Labute approximate surface area is 90.6 Å². The zero-order valence-corrected chi connectivity index (χ0v) is 10.1. The van der Waals surface area contributed by atoms with Crippen molar-refractivity contribution in [2.24, 2.45) is 5.92 Å². The van der Waals surface area contributed by atoms with E-state index < -0.39 is 0 Å². The SMILES string of the molecule is CCC1NCC(=O)N1CC(C)CSC. The molecule has 1 fully saturated rings. The zero-order chi connectivity index (χ0) is 10.6. The second-order valence-corrected chi connectivity index (χ2v) is 4.82. The third-order valence-corrected chi connectivity index (χ3v) is 3.43. The largest absolute Gasteiger partial charge is 0.326 e. The minimum Gasteiger partial charge on any atom is -0.326 e. The lowest BCUT2D eigenvalue weighted by atomic mass is 10.2. The Morgan fingerprint density at radius 1 is 1.71 bits per heavy atom. The summed E-state index contributed by atoms with van der Waals surface area (Å²) in [6.45, 7) is 5.73.